The Morgan fingerprint density at radius 2 is 1.16 bits per heavy atom. The van der Waals surface area contributed by atoms with Gasteiger partial charge < -0.3 is 4.40 Å². The van der Waals surface area contributed by atoms with Crippen LogP contribution < -0.4 is 0 Å². The first-order valence-electron chi connectivity index (χ1n) is 19.5. The summed E-state index contributed by atoms with van der Waals surface area (Å²) in [6.45, 7) is 0. The molecule has 0 saturated carbocycles. The van der Waals surface area contributed by atoms with Crippen molar-refractivity contribution in [2.24, 2.45) is 0 Å². The van der Waals surface area contributed by atoms with Crippen molar-refractivity contribution in [3.8, 4) is 28.3 Å². The van der Waals surface area contributed by atoms with Crippen LogP contribution in [0.5, 0.6) is 0 Å². The molecule has 0 aliphatic heterocycles. The number of aromatic nitrogens is 4. The summed E-state index contributed by atoms with van der Waals surface area (Å²) >= 11 is 0. The van der Waals surface area contributed by atoms with Crippen molar-refractivity contribution in [3.05, 3.63) is 175 Å². The van der Waals surface area contributed by atoms with E-state index >= 15 is 0 Å². The zero-order chi connectivity index (χ0) is 36.5. The highest BCUT2D eigenvalue weighted by Crippen LogP contribution is 2.47. The van der Waals surface area contributed by atoms with E-state index in [1.54, 1.807) is 0 Å². The quantitative estimate of drug-likeness (QED) is 0.183. The smallest absolute Gasteiger partial charge is 0.162 e. The molecule has 0 bridgehead atoms. The van der Waals surface area contributed by atoms with Crippen LogP contribution in [0.1, 0.15) is 17.5 Å². The van der Waals surface area contributed by atoms with E-state index in [2.05, 4.69) is 179 Å². The third kappa shape index (κ3) is 3.97. The number of rotatable bonds is 3. The molecule has 8 aromatic carbocycles. The average Bonchev–Trinajstić information content (AvgIpc) is 3.90. The molecular formula is C52H32N4. The normalized spacial score (nSPS) is 13.1. The lowest BCUT2D eigenvalue weighted by Gasteiger charge is -2.18. The maximum atomic E-state index is 5.64. The van der Waals surface area contributed by atoms with Gasteiger partial charge in [-0.25, -0.2) is 9.97 Å². The number of allylic oxidation sites excluding steroid dienone is 1. The predicted molar refractivity (Wildman–Crippen MR) is 234 cm³/mol. The van der Waals surface area contributed by atoms with E-state index in [9.17, 15) is 0 Å². The molecule has 4 heterocycles. The summed E-state index contributed by atoms with van der Waals surface area (Å²) in [7, 11) is 0. The Morgan fingerprint density at radius 1 is 0.464 bits per heavy atom. The zero-order valence-corrected chi connectivity index (χ0v) is 30.4. The SMILES string of the molecule is C1=Cc2c(cc(-c3nc(-n4c5ccccc5c5c6c7ccccc7n7c8ccc(-c9ccccc9)cc8c(cc54)c67)c4ccccc4n3)c3ccccc23)CC1. The molecule has 0 N–H and O–H groups in total. The van der Waals surface area contributed by atoms with Gasteiger partial charge in [0.2, 0.25) is 0 Å². The van der Waals surface area contributed by atoms with Gasteiger partial charge in [-0.05, 0) is 94.4 Å². The summed E-state index contributed by atoms with van der Waals surface area (Å²) < 4.78 is 4.91. The molecular weight excluding hydrogens is 681 g/mol. The molecule has 12 aromatic rings. The van der Waals surface area contributed by atoms with E-state index < -0.39 is 0 Å². The molecule has 56 heavy (non-hydrogen) atoms. The van der Waals surface area contributed by atoms with E-state index in [1.807, 2.05) is 0 Å². The third-order valence-corrected chi connectivity index (χ3v) is 12.3. The first kappa shape index (κ1) is 30.1. The van der Waals surface area contributed by atoms with Crippen molar-refractivity contribution in [1.82, 2.24) is 18.9 Å². The van der Waals surface area contributed by atoms with Gasteiger partial charge in [-0.1, -0.05) is 121 Å². The summed E-state index contributed by atoms with van der Waals surface area (Å²) in [6.07, 6.45) is 6.64. The molecule has 0 radical (unpaired) electrons. The molecule has 260 valence electrons. The van der Waals surface area contributed by atoms with Crippen LogP contribution in [0.4, 0.5) is 0 Å². The minimum atomic E-state index is 0.748. The maximum absolute atomic E-state index is 5.64. The largest absolute Gasteiger partial charge is 0.308 e. The molecule has 0 saturated heterocycles. The molecule has 1 aliphatic carbocycles. The molecule has 4 heteroatoms. The second-order valence-electron chi connectivity index (χ2n) is 15.2. The van der Waals surface area contributed by atoms with Gasteiger partial charge in [-0.2, -0.15) is 0 Å². The van der Waals surface area contributed by atoms with E-state index in [4.69, 9.17) is 9.97 Å². The number of hydrogen-bond donors (Lipinski definition) is 0. The van der Waals surface area contributed by atoms with Crippen LogP contribution in [-0.2, 0) is 6.42 Å². The van der Waals surface area contributed by atoms with Gasteiger partial charge in [-0.15, -0.1) is 0 Å². The van der Waals surface area contributed by atoms with Crippen LogP contribution in [0.25, 0.3) is 116 Å². The lowest BCUT2D eigenvalue weighted by atomic mass is 9.89. The van der Waals surface area contributed by atoms with Gasteiger partial charge in [-0.3, -0.25) is 4.57 Å². The molecule has 1 aliphatic rings. The summed E-state index contributed by atoms with van der Waals surface area (Å²) in [5.74, 6) is 1.64. The molecule has 4 aromatic heterocycles. The highest BCUT2D eigenvalue weighted by molar-refractivity contribution is 6.36. The van der Waals surface area contributed by atoms with Gasteiger partial charge >= 0.3 is 0 Å². The first-order valence-corrected chi connectivity index (χ1v) is 19.5. The van der Waals surface area contributed by atoms with Gasteiger partial charge in [0.25, 0.3) is 0 Å². The zero-order valence-electron chi connectivity index (χ0n) is 30.4. The van der Waals surface area contributed by atoms with Crippen molar-refractivity contribution in [2.75, 3.05) is 0 Å². The van der Waals surface area contributed by atoms with Gasteiger partial charge in [0.05, 0.1) is 33.1 Å². The molecule has 0 unspecified atom stereocenters. The number of fused-ring (bicyclic) bond motifs is 14. The monoisotopic (exact) mass is 712 g/mol. The minimum absolute atomic E-state index is 0.748. The Kier molecular flexibility index (Phi) is 5.97. The number of nitrogens with zero attached hydrogens (tertiary/aromatic N) is 4. The van der Waals surface area contributed by atoms with Crippen molar-refractivity contribution in [3.63, 3.8) is 0 Å². The lowest BCUT2D eigenvalue weighted by Crippen LogP contribution is -2.04. The van der Waals surface area contributed by atoms with Crippen LogP contribution in [0, 0.1) is 0 Å². The second-order valence-corrected chi connectivity index (χ2v) is 15.2. The Balaban J connectivity index is 1.20. The minimum Gasteiger partial charge on any atom is -0.308 e. The summed E-state index contributed by atoms with van der Waals surface area (Å²) in [6, 6.07) is 57.5. The fourth-order valence-electron chi connectivity index (χ4n) is 9.89. The number of aryl methyl sites for hydroxylation is 1. The highest BCUT2D eigenvalue weighted by atomic mass is 15.1. The van der Waals surface area contributed by atoms with E-state index in [0.717, 1.165) is 52.0 Å². The Bertz CT molecular complexity index is 3640. The molecule has 0 fully saturated rings. The van der Waals surface area contributed by atoms with Crippen molar-refractivity contribution in [2.45, 2.75) is 12.8 Å². The number of benzene rings is 8. The van der Waals surface area contributed by atoms with E-state index in [-0.39, 0.29) is 0 Å². The third-order valence-electron chi connectivity index (χ3n) is 12.3. The molecule has 4 nitrogen and oxygen atoms in total. The van der Waals surface area contributed by atoms with Crippen molar-refractivity contribution < 1.29 is 0 Å². The van der Waals surface area contributed by atoms with E-state index in [0.29, 0.717) is 0 Å². The van der Waals surface area contributed by atoms with Crippen LogP contribution >= 0.6 is 0 Å². The van der Waals surface area contributed by atoms with Crippen LogP contribution in [0.2, 0.25) is 0 Å². The van der Waals surface area contributed by atoms with Crippen LogP contribution in [0.3, 0.4) is 0 Å². The molecule has 13 rings (SSSR count). The van der Waals surface area contributed by atoms with Crippen LogP contribution in [0.15, 0.2) is 164 Å². The number of hydrogen-bond acceptors (Lipinski definition) is 2. The maximum Gasteiger partial charge on any atom is 0.162 e. The molecule has 0 spiro atoms. The van der Waals surface area contributed by atoms with Gasteiger partial charge in [0.1, 0.15) is 5.82 Å². The van der Waals surface area contributed by atoms with Gasteiger partial charge in [0, 0.05) is 43.3 Å². The fraction of sp³-hybridized carbons (Fsp3) is 0.0385. The Hall–Kier alpha value is -7.30. The molecule has 0 atom stereocenters. The Morgan fingerprint density at radius 3 is 2.02 bits per heavy atom. The second kappa shape index (κ2) is 11.1. The topological polar surface area (TPSA) is 35.1 Å². The van der Waals surface area contributed by atoms with Crippen molar-refractivity contribution in [1.29, 1.82) is 0 Å². The van der Waals surface area contributed by atoms with E-state index in [1.165, 1.54) is 81.9 Å². The first-order chi connectivity index (χ1) is 27.8. The van der Waals surface area contributed by atoms with Crippen molar-refractivity contribution >= 4 is 87.7 Å². The molecule has 0 amide bonds. The summed E-state index contributed by atoms with van der Waals surface area (Å²) in [4.78, 5) is 11.0. The standard InChI is InChI=1S/C52H32N4/c1-2-14-31(15-3-1)32-26-27-46-40(28-32)41-30-47-48(49-39-22-10-12-24-44(39)55(46)50(41)49)38-21-9-13-25-45(38)56(47)52-37-20-8-11-23-43(37)53-51(54-52)42-29-33-16-4-5-17-34(33)35-18-6-7-19-36(35)42/h1-3,5-15,17-30H,4,16H2. The summed E-state index contributed by atoms with van der Waals surface area (Å²) in [5, 5.41) is 11.0. The average molecular weight is 713 g/mol. The van der Waals surface area contributed by atoms with Crippen LogP contribution in [-0.4, -0.2) is 18.9 Å². The van der Waals surface area contributed by atoms with Gasteiger partial charge in [0.15, 0.2) is 5.82 Å². The Labute approximate surface area is 321 Å². The number of para-hydroxylation sites is 3. The highest BCUT2D eigenvalue weighted by Gasteiger charge is 2.26. The fourth-order valence-corrected chi connectivity index (χ4v) is 9.89. The summed E-state index contributed by atoms with van der Waals surface area (Å²) in [5.41, 5.74) is 13.1. The predicted octanol–water partition coefficient (Wildman–Crippen LogP) is 13.3. The lowest BCUT2D eigenvalue weighted by molar-refractivity contribution is 0.989.